The number of carbonyl (C=O) groups is 1. The molecule has 0 radical (unpaired) electrons. The Balaban J connectivity index is 1.64. The van der Waals surface area contributed by atoms with Crippen LogP contribution in [0.1, 0.15) is 23.4 Å². The predicted molar refractivity (Wildman–Crippen MR) is 130 cm³/mol. The van der Waals surface area contributed by atoms with Crippen LogP contribution in [0.5, 0.6) is 0 Å². The Morgan fingerprint density at radius 2 is 1.61 bits per heavy atom. The van der Waals surface area contributed by atoms with Crippen LogP contribution >= 0.6 is 0 Å². The fourth-order valence-electron chi connectivity index (χ4n) is 4.24. The number of para-hydroxylation sites is 2. The summed E-state index contributed by atoms with van der Waals surface area (Å²) >= 11 is 0. The van der Waals surface area contributed by atoms with Gasteiger partial charge in [-0.15, -0.1) is 0 Å². The summed E-state index contributed by atoms with van der Waals surface area (Å²) in [5, 5.41) is 9.86. The molecule has 1 aliphatic heterocycles. The monoisotopic (exact) mass is 437 g/mol. The molecule has 164 valence electrons. The normalized spacial score (nSPS) is 14.3. The first-order chi connectivity index (χ1) is 16.2. The number of benzene rings is 3. The van der Waals surface area contributed by atoms with Gasteiger partial charge in [0.05, 0.1) is 28.7 Å². The number of carbonyl (C=O) groups excluding carboxylic acids is 1. The van der Waals surface area contributed by atoms with E-state index in [0.29, 0.717) is 41.8 Å². The summed E-state index contributed by atoms with van der Waals surface area (Å²) < 4.78 is 1.54. The minimum atomic E-state index is -0.180. The van der Waals surface area contributed by atoms with Gasteiger partial charge < -0.3 is 10.0 Å². The summed E-state index contributed by atoms with van der Waals surface area (Å²) in [5.74, 6) is 0.281. The van der Waals surface area contributed by atoms with Crippen molar-refractivity contribution in [2.45, 2.75) is 19.5 Å². The van der Waals surface area contributed by atoms with Gasteiger partial charge in [-0.2, -0.15) is 0 Å². The van der Waals surface area contributed by atoms with E-state index in [1.807, 2.05) is 60.7 Å². The number of hydrogen-bond donors (Lipinski definition) is 1. The average molecular weight is 437 g/mol. The van der Waals surface area contributed by atoms with Gasteiger partial charge in [0.2, 0.25) is 0 Å². The molecule has 3 aromatic carbocycles. The highest BCUT2D eigenvalue weighted by atomic mass is 16.3. The van der Waals surface area contributed by atoms with Gasteiger partial charge in [-0.3, -0.25) is 14.2 Å². The van der Waals surface area contributed by atoms with E-state index in [1.165, 1.54) is 0 Å². The Bertz CT molecular complexity index is 1420. The molecular weight excluding hydrogens is 414 g/mol. The van der Waals surface area contributed by atoms with Crippen LogP contribution in [0.2, 0.25) is 0 Å². The van der Waals surface area contributed by atoms with E-state index in [4.69, 9.17) is 4.98 Å². The number of hydrogen-bond acceptors (Lipinski definition) is 4. The van der Waals surface area contributed by atoms with Crippen LogP contribution in [0, 0.1) is 0 Å². The lowest BCUT2D eigenvalue weighted by atomic mass is 10.1. The van der Waals surface area contributed by atoms with Gasteiger partial charge in [-0.05, 0) is 36.3 Å². The smallest absolute Gasteiger partial charge is 0.261 e. The van der Waals surface area contributed by atoms with Crippen LogP contribution in [0.4, 0.5) is 5.69 Å². The molecule has 6 heteroatoms. The second-order valence-electron chi connectivity index (χ2n) is 7.97. The van der Waals surface area contributed by atoms with Crippen molar-refractivity contribution in [2.24, 2.45) is 0 Å². The highest BCUT2D eigenvalue weighted by Gasteiger charge is 2.32. The highest BCUT2D eigenvalue weighted by Crippen LogP contribution is 2.38. The van der Waals surface area contributed by atoms with Crippen molar-refractivity contribution in [1.82, 2.24) is 9.55 Å². The predicted octanol–water partition coefficient (Wildman–Crippen LogP) is 3.87. The minimum absolute atomic E-state index is 0.0398. The van der Waals surface area contributed by atoms with Crippen LogP contribution in [0.25, 0.3) is 22.6 Å². The lowest BCUT2D eigenvalue weighted by Crippen LogP contribution is -2.26. The van der Waals surface area contributed by atoms with E-state index >= 15 is 0 Å². The van der Waals surface area contributed by atoms with Crippen molar-refractivity contribution in [1.29, 1.82) is 0 Å². The molecule has 33 heavy (non-hydrogen) atoms. The number of amides is 1. The van der Waals surface area contributed by atoms with Crippen LogP contribution in [-0.4, -0.2) is 27.2 Å². The number of aromatic nitrogens is 2. The summed E-state index contributed by atoms with van der Waals surface area (Å²) in [6.07, 6.45) is 2.12. The van der Waals surface area contributed by atoms with E-state index < -0.39 is 0 Å². The van der Waals surface area contributed by atoms with Crippen molar-refractivity contribution in [3.8, 4) is 0 Å². The Kier molecular flexibility index (Phi) is 5.59. The number of aliphatic hydroxyl groups is 1. The van der Waals surface area contributed by atoms with Crippen LogP contribution in [-0.2, 0) is 17.9 Å². The lowest BCUT2D eigenvalue weighted by Gasteiger charge is -2.17. The Morgan fingerprint density at radius 3 is 2.42 bits per heavy atom. The van der Waals surface area contributed by atoms with Gasteiger partial charge in [0.1, 0.15) is 5.82 Å². The van der Waals surface area contributed by atoms with E-state index in [0.717, 1.165) is 16.8 Å². The van der Waals surface area contributed by atoms with Gasteiger partial charge >= 0.3 is 0 Å². The average Bonchev–Trinajstić information content (AvgIpc) is 3.10. The van der Waals surface area contributed by atoms with Gasteiger partial charge in [0.15, 0.2) is 0 Å². The van der Waals surface area contributed by atoms with Gasteiger partial charge in [-0.1, -0.05) is 60.7 Å². The molecule has 0 saturated carbocycles. The number of fused-ring (bicyclic) bond motifs is 2. The van der Waals surface area contributed by atoms with Crippen molar-refractivity contribution < 1.29 is 9.90 Å². The second-order valence-corrected chi connectivity index (χ2v) is 7.97. The molecule has 1 aliphatic rings. The summed E-state index contributed by atoms with van der Waals surface area (Å²) in [6.45, 7) is 0.730. The lowest BCUT2D eigenvalue weighted by molar-refractivity contribution is -0.113. The Hall–Kier alpha value is -4.03. The van der Waals surface area contributed by atoms with Crippen LogP contribution in [0.15, 0.2) is 83.7 Å². The number of aliphatic hydroxyl groups excluding tert-OH is 1. The third-order valence-electron chi connectivity index (χ3n) is 5.85. The van der Waals surface area contributed by atoms with Crippen LogP contribution < -0.4 is 10.5 Å². The van der Waals surface area contributed by atoms with Crippen LogP contribution in [0.3, 0.4) is 0 Å². The fourth-order valence-corrected chi connectivity index (χ4v) is 4.24. The first-order valence-corrected chi connectivity index (χ1v) is 10.9. The zero-order valence-corrected chi connectivity index (χ0v) is 18.0. The van der Waals surface area contributed by atoms with E-state index in [2.05, 4.69) is 0 Å². The van der Waals surface area contributed by atoms with E-state index in [1.54, 1.807) is 33.7 Å². The SMILES string of the molecule is O=C1C(=Cc2nc3ccccc3c(=O)n2CCCO)c2ccccc2N1Cc1ccccc1. The van der Waals surface area contributed by atoms with E-state index in [-0.39, 0.29) is 18.1 Å². The molecule has 0 aliphatic carbocycles. The summed E-state index contributed by atoms with van der Waals surface area (Å²) in [6, 6.07) is 24.7. The molecule has 0 spiro atoms. The molecule has 0 unspecified atom stereocenters. The zero-order valence-electron chi connectivity index (χ0n) is 18.0. The van der Waals surface area contributed by atoms with Gasteiger partial charge in [0.25, 0.3) is 11.5 Å². The summed E-state index contributed by atoms with van der Waals surface area (Å²) in [7, 11) is 0. The summed E-state index contributed by atoms with van der Waals surface area (Å²) in [4.78, 5) is 33.2. The standard InChI is InChI=1S/C27H23N3O3/c31-16-8-15-29-25(28-23-13-6-4-12-21(23)26(29)32)17-22-20-11-5-7-14-24(20)30(27(22)33)18-19-9-2-1-3-10-19/h1-7,9-14,17,31H,8,15-16,18H2. The maximum absolute atomic E-state index is 13.5. The topological polar surface area (TPSA) is 75.4 Å². The quantitative estimate of drug-likeness (QED) is 0.465. The zero-order chi connectivity index (χ0) is 22.8. The number of anilines is 1. The van der Waals surface area contributed by atoms with E-state index in [9.17, 15) is 14.7 Å². The maximum Gasteiger partial charge on any atom is 0.261 e. The highest BCUT2D eigenvalue weighted by molar-refractivity contribution is 6.35. The molecule has 0 bridgehead atoms. The first-order valence-electron chi connectivity index (χ1n) is 10.9. The Labute approximate surface area is 191 Å². The second kappa shape index (κ2) is 8.84. The molecule has 2 heterocycles. The third-order valence-corrected chi connectivity index (χ3v) is 5.85. The van der Waals surface area contributed by atoms with Gasteiger partial charge in [0, 0.05) is 18.7 Å². The molecule has 0 atom stereocenters. The third kappa shape index (κ3) is 3.85. The first kappa shape index (κ1) is 20.8. The fraction of sp³-hybridized carbons (Fsp3) is 0.148. The molecule has 0 fully saturated rings. The van der Waals surface area contributed by atoms with Crippen molar-refractivity contribution in [3.05, 3.63) is 106 Å². The molecule has 1 amide bonds. The molecule has 4 aromatic rings. The van der Waals surface area contributed by atoms with Crippen molar-refractivity contribution >= 4 is 34.1 Å². The number of rotatable bonds is 6. The number of nitrogens with zero attached hydrogens (tertiary/aromatic N) is 3. The van der Waals surface area contributed by atoms with Crippen molar-refractivity contribution in [3.63, 3.8) is 0 Å². The Morgan fingerprint density at radius 1 is 0.879 bits per heavy atom. The molecule has 5 rings (SSSR count). The molecule has 0 saturated heterocycles. The molecular formula is C27H23N3O3. The largest absolute Gasteiger partial charge is 0.396 e. The molecule has 1 N–H and O–H groups in total. The summed E-state index contributed by atoms with van der Waals surface area (Å²) in [5.41, 5.74) is 3.58. The van der Waals surface area contributed by atoms with Crippen molar-refractivity contribution in [2.75, 3.05) is 11.5 Å². The molecule has 1 aromatic heterocycles. The minimum Gasteiger partial charge on any atom is -0.396 e. The molecule has 6 nitrogen and oxygen atoms in total. The maximum atomic E-state index is 13.5. The van der Waals surface area contributed by atoms with Gasteiger partial charge in [-0.25, -0.2) is 4.98 Å².